The molecule has 0 aliphatic carbocycles. The van der Waals surface area contributed by atoms with Gasteiger partial charge in [-0.15, -0.1) is 11.3 Å². The minimum atomic E-state index is -3.12. The van der Waals surface area contributed by atoms with Gasteiger partial charge in [-0.1, -0.05) is 0 Å². The first-order chi connectivity index (χ1) is 9.95. The molecule has 3 rings (SSSR count). The molecule has 116 valence electrons. The van der Waals surface area contributed by atoms with Gasteiger partial charge in [0.15, 0.2) is 0 Å². The molecular weight excluding hydrogens is 308 g/mol. The molecule has 0 bridgehead atoms. The van der Waals surface area contributed by atoms with Crippen LogP contribution in [0.4, 0.5) is 0 Å². The van der Waals surface area contributed by atoms with E-state index < -0.39 is 10.0 Å². The number of hydrogen-bond donors (Lipinski definition) is 0. The van der Waals surface area contributed by atoms with Gasteiger partial charge in [0, 0.05) is 37.0 Å². The monoisotopic (exact) mass is 328 g/mol. The molecule has 2 aliphatic heterocycles. The minimum absolute atomic E-state index is 0.0248. The first-order valence-corrected chi connectivity index (χ1v) is 9.97. The van der Waals surface area contributed by atoms with E-state index in [-0.39, 0.29) is 11.8 Å². The molecule has 0 spiro atoms. The third-order valence-corrected chi connectivity index (χ3v) is 6.72. The van der Waals surface area contributed by atoms with Gasteiger partial charge in [0.1, 0.15) is 0 Å². The van der Waals surface area contributed by atoms with Gasteiger partial charge < -0.3 is 4.90 Å². The fourth-order valence-corrected chi connectivity index (χ4v) is 4.89. The van der Waals surface area contributed by atoms with Gasteiger partial charge in [-0.3, -0.25) is 4.79 Å². The second-order valence-electron chi connectivity index (χ2n) is 5.82. The van der Waals surface area contributed by atoms with Gasteiger partial charge in [0.2, 0.25) is 15.9 Å². The molecule has 21 heavy (non-hydrogen) atoms. The van der Waals surface area contributed by atoms with E-state index >= 15 is 0 Å². The fourth-order valence-electron chi connectivity index (χ4n) is 3.13. The number of fused-ring (bicyclic) bond motifs is 1. The van der Waals surface area contributed by atoms with E-state index in [0.29, 0.717) is 32.5 Å². The molecule has 1 aromatic rings. The molecule has 0 saturated carbocycles. The van der Waals surface area contributed by atoms with Crippen LogP contribution in [0.2, 0.25) is 0 Å². The van der Waals surface area contributed by atoms with E-state index in [1.807, 2.05) is 4.90 Å². The Hall–Kier alpha value is -0.920. The molecule has 1 saturated heterocycles. The minimum Gasteiger partial charge on any atom is -0.338 e. The van der Waals surface area contributed by atoms with Gasteiger partial charge in [0.25, 0.3) is 0 Å². The zero-order chi connectivity index (χ0) is 15.0. The van der Waals surface area contributed by atoms with Crippen molar-refractivity contribution in [1.82, 2.24) is 9.21 Å². The Kier molecular flexibility index (Phi) is 4.07. The topological polar surface area (TPSA) is 57.7 Å². The third-order valence-electron chi connectivity index (χ3n) is 4.39. The largest absolute Gasteiger partial charge is 0.338 e. The van der Waals surface area contributed by atoms with Crippen molar-refractivity contribution in [3.8, 4) is 0 Å². The predicted molar refractivity (Wildman–Crippen MR) is 82.6 cm³/mol. The number of carbonyl (C=O) groups is 1. The normalized spacial score (nSPS) is 21.3. The molecule has 5 nitrogen and oxygen atoms in total. The highest BCUT2D eigenvalue weighted by molar-refractivity contribution is 7.88. The van der Waals surface area contributed by atoms with E-state index in [2.05, 4.69) is 11.4 Å². The molecule has 1 aromatic heterocycles. The molecule has 0 radical (unpaired) electrons. The summed E-state index contributed by atoms with van der Waals surface area (Å²) in [7, 11) is -3.12. The Balaban J connectivity index is 1.60. The maximum Gasteiger partial charge on any atom is 0.226 e. The highest BCUT2D eigenvalue weighted by Crippen LogP contribution is 2.27. The third kappa shape index (κ3) is 3.14. The van der Waals surface area contributed by atoms with E-state index in [9.17, 15) is 13.2 Å². The van der Waals surface area contributed by atoms with Crippen LogP contribution in [-0.4, -0.2) is 49.4 Å². The summed E-state index contributed by atoms with van der Waals surface area (Å²) in [4.78, 5) is 15.9. The first-order valence-electron chi connectivity index (χ1n) is 7.24. The fraction of sp³-hybridized carbons (Fsp3) is 0.643. The summed E-state index contributed by atoms with van der Waals surface area (Å²) in [6, 6.07) is 2.10. The average Bonchev–Trinajstić information content (AvgIpc) is 2.93. The van der Waals surface area contributed by atoms with Crippen molar-refractivity contribution in [2.75, 3.05) is 25.9 Å². The second-order valence-corrected chi connectivity index (χ2v) is 8.80. The van der Waals surface area contributed by atoms with Gasteiger partial charge >= 0.3 is 0 Å². The molecular formula is C14H20N2O3S2. The lowest BCUT2D eigenvalue weighted by Gasteiger charge is -2.34. The Labute approximate surface area is 129 Å². The van der Waals surface area contributed by atoms with E-state index in [1.165, 1.54) is 21.0 Å². The number of sulfonamides is 1. The summed E-state index contributed by atoms with van der Waals surface area (Å²) in [5.74, 6) is 0.170. The van der Waals surface area contributed by atoms with E-state index in [4.69, 9.17) is 0 Å². The molecule has 7 heteroatoms. The van der Waals surface area contributed by atoms with Crippen molar-refractivity contribution in [1.29, 1.82) is 0 Å². The zero-order valence-electron chi connectivity index (χ0n) is 12.1. The molecule has 1 fully saturated rings. The van der Waals surface area contributed by atoms with Crippen molar-refractivity contribution in [3.63, 3.8) is 0 Å². The number of hydrogen-bond acceptors (Lipinski definition) is 4. The number of thiophene rings is 1. The number of carbonyl (C=O) groups excluding carboxylic acids is 1. The van der Waals surface area contributed by atoms with Crippen LogP contribution in [0.1, 0.15) is 23.3 Å². The molecule has 2 aliphatic rings. The summed E-state index contributed by atoms with van der Waals surface area (Å²) in [6.07, 6.45) is 3.45. The highest BCUT2D eigenvalue weighted by Gasteiger charge is 2.32. The Bertz CT molecular complexity index is 630. The number of piperidine rings is 1. The highest BCUT2D eigenvalue weighted by atomic mass is 32.2. The average molecular weight is 328 g/mol. The molecule has 0 N–H and O–H groups in total. The summed E-state index contributed by atoms with van der Waals surface area (Å²) in [5, 5.41) is 2.09. The van der Waals surface area contributed by atoms with E-state index in [1.54, 1.807) is 11.3 Å². The standard InChI is InChI=1S/C14H20N2O3S2/c1-21(18,19)16-7-2-11(3-8-16)14(17)15-6-4-13-12(10-15)5-9-20-13/h5,9,11H,2-4,6-8,10H2,1H3. The van der Waals surface area contributed by atoms with Crippen LogP contribution in [0, 0.1) is 5.92 Å². The van der Waals surface area contributed by atoms with Gasteiger partial charge in [-0.05, 0) is 36.3 Å². The lowest BCUT2D eigenvalue weighted by molar-refractivity contribution is -0.137. The summed E-state index contributed by atoms with van der Waals surface area (Å²) < 4.78 is 24.5. The van der Waals surface area contributed by atoms with Crippen LogP contribution in [0.3, 0.4) is 0 Å². The maximum absolute atomic E-state index is 12.6. The molecule has 0 unspecified atom stereocenters. The molecule has 1 amide bonds. The Morgan fingerprint density at radius 2 is 2.00 bits per heavy atom. The Morgan fingerprint density at radius 1 is 1.29 bits per heavy atom. The van der Waals surface area contributed by atoms with Gasteiger partial charge in [0.05, 0.1) is 6.26 Å². The van der Waals surface area contributed by atoms with Crippen molar-refractivity contribution in [3.05, 3.63) is 21.9 Å². The molecule has 0 aromatic carbocycles. The summed E-state index contributed by atoms with van der Waals surface area (Å²) in [6.45, 7) is 2.43. The van der Waals surface area contributed by atoms with E-state index in [0.717, 1.165) is 13.0 Å². The van der Waals surface area contributed by atoms with Crippen LogP contribution in [0.5, 0.6) is 0 Å². The van der Waals surface area contributed by atoms with Crippen molar-refractivity contribution in [2.45, 2.75) is 25.8 Å². The van der Waals surface area contributed by atoms with Crippen LogP contribution in [0.15, 0.2) is 11.4 Å². The smallest absolute Gasteiger partial charge is 0.226 e. The lowest BCUT2D eigenvalue weighted by atomic mass is 9.95. The van der Waals surface area contributed by atoms with Crippen LogP contribution in [-0.2, 0) is 27.8 Å². The predicted octanol–water partition coefficient (Wildman–Crippen LogP) is 1.30. The Morgan fingerprint density at radius 3 is 2.67 bits per heavy atom. The second kappa shape index (κ2) is 5.70. The zero-order valence-corrected chi connectivity index (χ0v) is 13.8. The summed E-state index contributed by atoms with van der Waals surface area (Å²) >= 11 is 1.77. The van der Waals surface area contributed by atoms with Crippen molar-refractivity contribution < 1.29 is 13.2 Å². The van der Waals surface area contributed by atoms with Crippen LogP contribution < -0.4 is 0 Å². The maximum atomic E-state index is 12.6. The van der Waals surface area contributed by atoms with Gasteiger partial charge in [-0.25, -0.2) is 12.7 Å². The summed E-state index contributed by atoms with van der Waals surface area (Å²) in [5.41, 5.74) is 1.27. The number of rotatable bonds is 2. The number of nitrogens with zero attached hydrogens (tertiary/aromatic N) is 2. The van der Waals surface area contributed by atoms with Crippen LogP contribution >= 0.6 is 11.3 Å². The van der Waals surface area contributed by atoms with Gasteiger partial charge in [-0.2, -0.15) is 0 Å². The van der Waals surface area contributed by atoms with Crippen molar-refractivity contribution in [2.24, 2.45) is 5.92 Å². The SMILES string of the molecule is CS(=O)(=O)N1CCC(C(=O)N2CCc3sccc3C2)CC1. The quantitative estimate of drug-likeness (QED) is 0.822. The molecule has 0 atom stereocenters. The number of amides is 1. The lowest BCUT2D eigenvalue weighted by Crippen LogP contribution is -2.45. The van der Waals surface area contributed by atoms with Crippen molar-refractivity contribution >= 4 is 27.3 Å². The first kappa shape index (κ1) is 15.0. The van der Waals surface area contributed by atoms with Crippen LogP contribution in [0.25, 0.3) is 0 Å². The molecule has 3 heterocycles.